The van der Waals surface area contributed by atoms with Crippen molar-refractivity contribution >= 4 is 17.6 Å². The third-order valence-corrected chi connectivity index (χ3v) is 2.91. The summed E-state index contributed by atoms with van der Waals surface area (Å²) in [5, 5.41) is 0.0577. The Labute approximate surface area is 103 Å². The molecule has 17 heavy (non-hydrogen) atoms. The lowest BCUT2D eigenvalue weighted by molar-refractivity contribution is 0.0158. The highest BCUT2D eigenvalue weighted by atomic mass is 35.5. The minimum Gasteiger partial charge on any atom is -0.459 e. The average molecular weight is 259 g/mol. The molecule has 1 aliphatic rings. The maximum atomic E-state index is 13.4. The Bertz CT molecular complexity index is 396. The first-order valence-corrected chi connectivity index (χ1v) is 5.79. The van der Waals surface area contributed by atoms with Crippen LogP contribution in [0.15, 0.2) is 18.2 Å². The molecule has 0 spiro atoms. The van der Waals surface area contributed by atoms with Gasteiger partial charge in [-0.15, -0.1) is 0 Å². The van der Waals surface area contributed by atoms with Crippen molar-refractivity contribution in [2.24, 2.45) is 0 Å². The number of benzene rings is 1. The van der Waals surface area contributed by atoms with Gasteiger partial charge in [0.15, 0.2) is 0 Å². The van der Waals surface area contributed by atoms with E-state index in [-0.39, 0.29) is 23.3 Å². The van der Waals surface area contributed by atoms with Crippen LogP contribution in [0.5, 0.6) is 0 Å². The summed E-state index contributed by atoms with van der Waals surface area (Å²) in [6.45, 7) is 0.826. The number of rotatable bonds is 3. The Balaban J connectivity index is 1.99. The number of carbonyl (C=O) groups excluding carboxylic acids is 1. The number of halogens is 2. The third kappa shape index (κ3) is 2.96. The van der Waals surface area contributed by atoms with Gasteiger partial charge in [0.1, 0.15) is 18.0 Å². The highest BCUT2D eigenvalue weighted by molar-refractivity contribution is 6.33. The summed E-state index contributed by atoms with van der Waals surface area (Å²) < 4.78 is 23.7. The molecule has 0 bridgehead atoms. The normalized spacial score (nSPS) is 19.3. The smallest absolute Gasteiger partial charge is 0.342 e. The summed E-state index contributed by atoms with van der Waals surface area (Å²) in [7, 11) is 0. The third-order valence-electron chi connectivity index (χ3n) is 2.59. The molecule has 1 heterocycles. The number of esters is 1. The molecule has 2 rings (SSSR count). The van der Waals surface area contributed by atoms with E-state index in [0.29, 0.717) is 6.61 Å². The SMILES string of the molecule is O=C(OC[C@@H]1CCCO1)c1c(F)cccc1Cl. The number of carbonyl (C=O) groups is 1. The van der Waals surface area contributed by atoms with E-state index < -0.39 is 11.8 Å². The summed E-state index contributed by atoms with van der Waals surface area (Å²) in [6.07, 6.45) is 1.74. The quantitative estimate of drug-likeness (QED) is 0.782. The minimum absolute atomic E-state index is 0.0577. The first-order valence-electron chi connectivity index (χ1n) is 5.41. The van der Waals surface area contributed by atoms with E-state index in [4.69, 9.17) is 21.1 Å². The molecule has 5 heteroatoms. The molecule has 0 amide bonds. The van der Waals surface area contributed by atoms with Gasteiger partial charge in [0, 0.05) is 6.61 Å². The van der Waals surface area contributed by atoms with Crippen molar-refractivity contribution in [3.63, 3.8) is 0 Å². The van der Waals surface area contributed by atoms with Gasteiger partial charge in [-0.1, -0.05) is 17.7 Å². The maximum Gasteiger partial charge on any atom is 0.342 e. The predicted octanol–water partition coefficient (Wildman–Crippen LogP) is 2.81. The van der Waals surface area contributed by atoms with E-state index >= 15 is 0 Å². The van der Waals surface area contributed by atoms with Crippen molar-refractivity contribution in [2.75, 3.05) is 13.2 Å². The second-order valence-corrected chi connectivity index (χ2v) is 4.24. The lowest BCUT2D eigenvalue weighted by atomic mass is 10.2. The fraction of sp³-hybridized carbons (Fsp3) is 0.417. The zero-order valence-corrected chi connectivity index (χ0v) is 9.87. The molecule has 3 nitrogen and oxygen atoms in total. The lowest BCUT2D eigenvalue weighted by Gasteiger charge is -2.11. The second kappa shape index (κ2) is 5.47. The monoisotopic (exact) mass is 258 g/mol. The molecular weight excluding hydrogens is 247 g/mol. The van der Waals surface area contributed by atoms with E-state index in [2.05, 4.69) is 0 Å². The summed E-state index contributed by atoms with van der Waals surface area (Å²) in [4.78, 5) is 11.6. The Kier molecular flexibility index (Phi) is 3.97. The molecule has 0 aliphatic carbocycles. The Morgan fingerprint density at radius 2 is 2.41 bits per heavy atom. The minimum atomic E-state index is -0.747. The Morgan fingerprint density at radius 3 is 3.06 bits per heavy atom. The van der Waals surface area contributed by atoms with Gasteiger partial charge in [0.2, 0.25) is 0 Å². The summed E-state index contributed by atoms with van der Waals surface area (Å²) in [5.74, 6) is -1.42. The Hall–Kier alpha value is -1.13. The second-order valence-electron chi connectivity index (χ2n) is 3.83. The molecule has 1 aliphatic heterocycles. The van der Waals surface area contributed by atoms with Crippen LogP contribution in [0.1, 0.15) is 23.2 Å². The summed E-state index contributed by atoms with van der Waals surface area (Å²) in [5.41, 5.74) is -0.216. The van der Waals surface area contributed by atoms with Crippen LogP contribution in [0.25, 0.3) is 0 Å². The van der Waals surface area contributed by atoms with Gasteiger partial charge in [0.25, 0.3) is 0 Å². The van der Waals surface area contributed by atoms with Crippen LogP contribution in [0.2, 0.25) is 5.02 Å². The van der Waals surface area contributed by atoms with Gasteiger partial charge in [-0.25, -0.2) is 9.18 Å². The van der Waals surface area contributed by atoms with Crippen LogP contribution in [0, 0.1) is 5.82 Å². The van der Waals surface area contributed by atoms with Gasteiger partial charge in [-0.05, 0) is 25.0 Å². The van der Waals surface area contributed by atoms with Crippen LogP contribution < -0.4 is 0 Å². The van der Waals surface area contributed by atoms with E-state index in [1.54, 1.807) is 0 Å². The van der Waals surface area contributed by atoms with Crippen molar-refractivity contribution in [1.29, 1.82) is 0 Å². The van der Waals surface area contributed by atoms with Crippen LogP contribution >= 0.6 is 11.6 Å². The van der Waals surface area contributed by atoms with Crippen LogP contribution in [0.4, 0.5) is 4.39 Å². The highest BCUT2D eigenvalue weighted by Gasteiger charge is 2.21. The average Bonchev–Trinajstić information content (AvgIpc) is 2.79. The van der Waals surface area contributed by atoms with Crippen LogP contribution in [-0.2, 0) is 9.47 Å². The van der Waals surface area contributed by atoms with E-state index in [1.807, 2.05) is 0 Å². The summed E-state index contributed by atoms with van der Waals surface area (Å²) >= 11 is 5.75. The lowest BCUT2D eigenvalue weighted by Crippen LogP contribution is -2.18. The first-order chi connectivity index (χ1) is 8.18. The van der Waals surface area contributed by atoms with Gasteiger partial charge in [-0.2, -0.15) is 0 Å². The molecule has 0 radical (unpaired) electrons. The van der Waals surface area contributed by atoms with Crippen molar-refractivity contribution in [3.05, 3.63) is 34.6 Å². The molecular formula is C12H12ClFO3. The number of hydrogen-bond acceptors (Lipinski definition) is 3. The molecule has 1 fully saturated rings. The number of ether oxygens (including phenoxy) is 2. The molecule has 0 unspecified atom stereocenters. The van der Waals surface area contributed by atoms with Gasteiger partial charge in [-0.3, -0.25) is 0 Å². The van der Waals surface area contributed by atoms with Gasteiger partial charge >= 0.3 is 5.97 Å². The van der Waals surface area contributed by atoms with E-state index in [1.165, 1.54) is 18.2 Å². The zero-order chi connectivity index (χ0) is 12.3. The predicted molar refractivity (Wildman–Crippen MR) is 60.7 cm³/mol. The fourth-order valence-corrected chi connectivity index (χ4v) is 1.95. The van der Waals surface area contributed by atoms with Gasteiger partial charge in [0.05, 0.1) is 11.1 Å². The molecule has 0 aromatic heterocycles. The first kappa shape index (κ1) is 12.3. The van der Waals surface area contributed by atoms with Crippen molar-refractivity contribution < 1.29 is 18.7 Å². The van der Waals surface area contributed by atoms with Crippen molar-refractivity contribution in [3.8, 4) is 0 Å². The van der Waals surface area contributed by atoms with Crippen LogP contribution in [-0.4, -0.2) is 25.3 Å². The zero-order valence-electron chi connectivity index (χ0n) is 9.12. The molecule has 0 N–H and O–H groups in total. The Morgan fingerprint density at radius 1 is 1.59 bits per heavy atom. The molecule has 1 aromatic rings. The molecule has 1 aromatic carbocycles. The molecule has 1 atom stereocenters. The van der Waals surface area contributed by atoms with E-state index in [0.717, 1.165) is 12.8 Å². The topological polar surface area (TPSA) is 35.5 Å². The fourth-order valence-electron chi connectivity index (χ4n) is 1.71. The van der Waals surface area contributed by atoms with Crippen molar-refractivity contribution in [2.45, 2.75) is 18.9 Å². The number of hydrogen-bond donors (Lipinski definition) is 0. The largest absolute Gasteiger partial charge is 0.459 e. The molecule has 1 saturated heterocycles. The standard InChI is InChI=1S/C12H12ClFO3/c13-9-4-1-5-10(14)11(9)12(15)17-7-8-3-2-6-16-8/h1,4-5,8H,2-3,6-7H2/t8-/m0/s1. The molecule has 92 valence electrons. The maximum absolute atomic E-state index is 13.4. The molecule has 0 saturated carbocycles. The van der Waals surface area contributed by atoms with E-state index in [9.17, 15) is 9.18 Å². The van der Waals surface area contributed by atoms with Crippen LogP contribution in [0.3, 0.4) is 0 Å². The summed E-state index contributed by atoms with van der Waals surface area (Å²) in [6, 6.07) is 4.07. The highest BCUT2D eigenvalue weighted by Crippen LogP contribution is 2.20. The van der Waals surface area contributed by atoms with Gasteiger partial charge < -0.3 is 9.47 Å². The van der Waals surface area contributed by atoms with Crippen molar-refractivity contribution in [1.82, 2.24) is 0 Å².